The fraction of sp³-hybridized carbons (Fsp3) is 0.0667. The van der Waals surface area contributed by atoms with E-state index in [1.54, 1.807) is 0 Å². The zero-order chi connectivity index (χ0) is 21.0. The summed E-state index contributed by atoms with van der Waals surface area (Å²) in [4.78, 5) is 2.35. The first-order valence-electron chi connectivity index (χ1n) is 10.8. The Kier molecular flexibility index (Phi) is 5.24. The molecular weight excluding hydrogens is 374 g/mol. The maximum atomic E-state index is 2.35. The summed E-state index contributed by atoms with van der Waals surface area (Å²) in [7, 11) is 0. The molecule has 5 aromatic carbocycles. The fourth-order valence-corrected chi connectivity index (χ4v) is 4.28. The predicted octanol–water partition coefficient (Wildman–Crippen LogP) is 8.33. The standard InChI is InChI=1S/C30H25N/c1-2-31(27-19-15-24(16-20-27)23-9-4-3-5-10-23)28-21-17-26(18-22-28)30-14-8-12-25-11-6-7-13-29(25)30/h3-22H,2H2,1H3. The van der Waals surface area contributed by atoms with Gasteiger partial charge in [0.05, 0.1) is 0 Å². The molecule has 1 nitrogen and oxygen atoms in total. The van der Waals surface area contributed by atoms with Crippen molar-refractivity contribution in [3.8, 4) is 22.3 Å². The molecule has 150 valence electrons. The molecule has 5 rings (SSSR count). The molecule has 0 spiro atoms. The molecule has 0 saturated heterocycles. The molecule has 0 bridgehead atoms. The van der Waals surface area contributed by atoms with Crippen molar-refractivity contribution in [2.24, 2.45) is 0 Å². The Balaban J connectivity index is 1.44. The number of hydrogen-bond acceptors (Lipinski definition) is 1. The zero-order valence-corrected chi connectivity index (χ0v) is 17.7. The van der Waals surface area contributed by atoms with Gasteiger partial charge in [0.25, 0.3) is 0 Å². The summed E-state index contributed by atoms with van der Waals surface area (Å²) in [6.07, 6.45) is 0. The quantitative estimate of drug-likeness (QED) is 0.287. The van der Waals surface area contributed by atoms with Gasteiger partial charge in [0, 0.05) is 17.9 Å². The monoisotopic (exact) mass is 399 g/mol. The first-order chi connectivity index (χ1) is 15.3. The van der Waals surface area contributed by atoms with Crippen molar-refractivity contribution in [3.05, 3.63) is 121 Å². The molecule has 31 heavy (non-hydrogen) atoms. The third kappa shape index (κ3) is 3.83. The maximum absolute atomic E-state index is 2.35. The molecule has 0 heterocycles. The second-order valence-electron chi connectivity index (χ2n) is 7.73. The summed E-state index contributed by atoms with van der Waals surface area (Å²) in [5.41, 5.74) is 7.43. The molecule has 0 aliphatic carbocycles. The van der Waals surface area contributed by atoms with Crippen LogP contribution in [0, 0.1) is 0 Å². The molecule has 0 aliphatic rings. The average molecular weight is 400 g/mol. The van der Waals surface area contributed by atoms with Crippen LogP contribution >= 0.6 is 0 Å². The van der Waals surface area contributed by atoms with Crippen LogP contribution in [0.2, 0.25) is 0 Å². The Morgan fingerprint density at radius 1 is 0.484 bits per heavy atom. The van der Waals surface area contributed by atoms with Crippen molar-refractivity contribution in [2.75, 3.05) is 11.4 Å². The predicted molar refractivity (Wildman–Crippen MR) is 134 cm³/mol. The Hall–Kier alpha value is -3.84. The molecule has 0 aromatic heterocycles. The molecule has 0 aliphatic heterocycles. The van der Waals surface area contributed by atoms with Crippen molar-refractivity contribution >= 4 is 22.1 Å². The molecule has 0 saturated carbocycles. The van der Waals surface area contributed by atoms with Gasteiger partial charge in [0.2, 0.25) is 0 Å². The Labute approximate surface area is 184 Å². The van der Waals surface area contributed by atoms with Crippen molar-refractivity contribution in [2.45, 2.75) is 6.92 Å². The van der Waals surface area contributed by atoms with E-state index in [1.807, 2.05) is 0 Å². The van der Waals surface area contributed by atoms with E-state index >= 15 is 0 Å². The van der Waals surface area contributed by atoms with Crippen LogP contribution in [0.5, 0.6) is 0 Å². The SMILES string of the molecule is CCN(c1ccc(-c2ccccc2)cc1)c1ccc(-c2cccc3ccccc23)cc1. The largest absolute Gasteiger partial charge is 0.342 e. The second kappa shape index (κ2) is 8.49. The van der Waals surface area contributed by atoms with E-state index in [4.69, 9.17) is 0 Å². The number of benzene rings is 5. The van der Waals surface area contributed by atoms with Crippen molar-refractivity contribution < 1.29 is 0 Å². The van der Waals surface area contributed by atoms with E-state index in [0.717, 1.165) is 6.54 Å². The van der Waals surface area contributed by atoms with Gasteiger partial charge in [-0.1, -0.05) is 97.1 Å². The number of hydrogen-bond donors (Lipinski definition) is 0. The van der Waals surface area contributed by atoms with E-state index in [9.17, 15) is 0 Å². The third-order valence-electron chi connectivity index (χ3n) is 5.88. The number of anilines is 2. The number of rotatable bonds is 5. The van der Waals surface area contributed by atoms with Crippen LogP contribution in [0.25, 0.3) is 33.0 Å². The average Bonchev–Trinajstić information content (AvgIpc) is 2.86. The highest BCUT2D eigenvalue weighted by Crippen LogP contribution is 2.32. The second-order valence-corrected chi connectivity index (χ2v) is 7.73. The van der Waals surface area contributed by atoms with Crippen molar-refractivity contribution in [3.63, 3.8) is 0 Å². The summed E-state index contributed by atoms with van der Waals surface area (Å²) in [5.74, 6) is 0. The highest BCUT2D eigenvalue weighted by Gasteiger charge is 2.09. The zero-order valence-electron chi connectivity index (χ0n) is 17.7. The summed E-state index contributed by atoms with van der Waals surface area (Å²) in [6, 6.07) is 43.4. The minimum absolute atomic E-state index is 0.915. The fourth-order valence-electron chi connectivity index (χ4n) is 4.28. The van der Waals surface area contributed by atoms with E-state index in [2.05, 4.69) is 133 Å². The van der Waals surface area contributed by atoms with Crippen molar-refractivity contribution in [1.29, 1.82) is 0 Å². The summed E-state index contributed by atoms with van der Waals surface area (Å²) in [5, 5.41) is 2.57. The first-order valence-corrected chi connectivity index (χ1v) is 10.8. The van der Waals surface area contributed by atoms with Crippen LogP contribution < -0.4 is 4.90 Å². The minimum atomic E-state index is 0.915. The molecule has 0 radical (unpaired) electrons. The van der Waals surface area contributed by atoms with Crippen LogP contribution in [0.4, 0.5) is 11.4 Å². The van der Waals surface area contributed by atoms with Gasteiger partial charge in [-0.05, 0) is 64.2 Å². The smallest absolute Gasteiger partial charge is 0.0411 e. The van der Waals surface area contributed by atoms with Gasteiger partial charge < -0.3 is 4.90 Å². The first kappa shape index (κ1) is 19.1. The van der Waals surface area contributed by atoms with Gasteiger partial charge in [-0.15, -0.1) is 0 Å². The summed E-state index contributed by atoms with van der Waals surface area (Å²) < 4.78 is 0. The minimum Gasteiger partial charge on any atom is -0.342 e. The third-order valence-corrected chi connectivity index (χ3v) is 5.88. The summed E-state index contributed by atoms with van der Waals surface area (Å²) >= 11 is 0. The van der Waals surface area contributed by atoms with Gasteiger partial charge in [0.1, 0.15) is 0 Å². The van der Waals surface area contributed by atoms with Crippen LogP contribution in [0.1, 0.15) is 6.92 Å². The van der Waals surface area contributed by atoms with Crippen LogP contribution in [-0.2, 0) is 0 Å². The van der Waals surface area contributed by atoms with Crippen LogP contribution in [0.3, 0.4) is 0 Å². The molecule has 1 heteroatoms. The highest BCUT2D eigenvalue weighted by molar-refractivity contribution is 5.96. The van der Waals surface area contributed by atoms with Gasteiger partial charge in [-0.2, -0.15) is 0 Å². The Bertz CT molecular complexity index is 1280. The van der Waals surface area contributed by atoms with Crippen molar-refractivity contribution in [1.82, 2.24) is 0 Å². The molecule has 0 unspecified atom stereocenters. The molecule has 5 aromatic rings. The number of nitrogens with zero attached hydrogens (tertiary/aromatic N) is 1. The van der Waals surface area contributed by atoms with Gasteiger partial charge in [0.15, 0.2) is 0 Å². The Morgan fingerprint density at radius 3 is 1.71 bits per heavy atom. The molecule has 0 atom stereocenters. The lowest BCUT2D eigenvalue weighted by Crippen LogP contribution is -2.15. The van der Waals surface area contributed by atoms with E-state index in [1.165, 1.54) is 44.4 Å². The topological polar surface area (TPSA) is 3.24 Å². The lowest BCUT2D eigenvalue weighted by Gasteiger charge is -2.24. The van der Waals surface area contributed by atoms with Gasteiger partial charge >= 0.3 is 0 Å². The molecule has 0 amide bonds. The Morgan fingerprint density at radius 2 is 1.03 bits per heavy atom. The van der Waals surface area contributed by atoms with Crippen LogP contribution in [-0.4, -0.2) is 6.54 Å². The summed E-state index contributed by atoms with van der Waals surface area (Å²) in [6.45, 7) is 3.11. The lowest BCUT2D eigenvalue weighted by atomic mass is 9.98. The molecule has 0 N–H and O–H groups in total. The van der Waals surface area contributed by atoms with Gasteiger partial charge in [-0.3, -0.25) is 0 Å². The number of fused-ring (bicyclic) bond motifs is 1. The van der Waals surface area contributed by atoms with E-state index in [-0.39, 0.29) is 0 Å². The molecule has 0 fully saturated rings. The van der Waals surface area contributed by atoms with E-state index in [0.29, 0.717) is 0 Å². The lowest BCUT2D eigenvalue weighted by molar-refractivity contribution is 1.02. The normalized spacial score (nSPS) is 10.9. The maximum Gasteiger partial charge on any atom is 0.0411 e. The van der Waals surface area contributed by atoms with Gasteiger partial charge in [-0.25, -0.2) is 0 Å². The van der Waals surface area contributed by atoms with E-state index < -0.39 is 0 Å². The molecular formula is C30H25N. The highest BCUT2D eigenvalue weighted by atomic mass is 15.1. The van der Waals surface area contributed by atoms with Crippen LogP contribution in [0.15, 0.2) is 121 Å².